The Kier molecular flexibility index (Phi) is 7.18. The lowest BCUT2D eigenvalue weighted by molar-refractivity contribution is -0.153. The molecule has 0 aromatic heterocycles. The van der Waals surface area contributed by atoms with E-state index in [4.69, 9.17) is 10.1 Å². The fraction of sp³-hybridized carbons (Fsp3) is 0.259. The first-order valence-electron chi connectivity index (χ1n) is 10.4. The SMILES string of the molecule is CC(C)(OC(=O)C(=N)Cc1ccccc1)C(Cc1ccccc1)Cc1ccccc1. The summed E-state index contributed by atoms with van der Waals surface area (Å²) in [6.07, 6.45) is 1.86. The Bertz CT molecular complexity index is 908. The van der Waals surface area contributed by atoms with Crippen LogP contribution in [0.4, 0.5) is 0 Å². The van der Waals surface area contributed by atoms with Crippen molar-refractivity contribution in [2.24, 2.45) is 5.92 Å². The second-order valence-corrected chi connectivity index (χ2v) is 8.21. The topological polar surface area (TPSA) is 50.2 Å². The molecule has 0 saturated carbocycles. The maximum atomic E-state index is 12.7. The van der Waals surface area contributed by atoms with Crippen LogP contribution < -0.4 is 0 Å². The molecule has 0 spiro atoms. The van der Waals surface area contributed by atoms with Crippen LogP contribution in [-0.2, 0) is 28.8 Å². The van der Waals surface area contributed by atoms with E-state index in [0.29, 0.717) is 0 Å². The van der Waals surface area contributed by atoms with Crippen LogP contribution in [0.5, 0.6) is 0 Å². The Morgan fingerprint density at radius 3 is 1.60 bits per heavy atom. The Morgan fingerprint density at radius 1 is 0.767 bits per heavy atom. The van der Waals surface area contributed by atoms with E-state index in [9.17, 15) is 4.79 Å². The van der Waals surface area contributed by atoms with Gasteiger partial charge >= 0.3 is 5.97 Å². The molecule has 0 amide bonds. The Labute approximate surface area is 179 Å². The minimum atomic E-state index is -0.717. The third-order valence-corrected chi connectivity index (χ3v) is 5.46. The standard InChI is InChI=1S/C27H29NO2/c1-27(2,30-26(29)25(28)20-23-16-10-5-11-17-23)24(18-21-12-6-3-7-13-21)19-22-14-8-4-9-15-22/h3-17,24,28H,18-20H2,1-2H3. The summed E-state index contributed by atoms with van der Waals surface area (Å²) in [5, 5.41) is 8.22. The van der Waals surface area contributed by atoms with Gasteiger partial charge in [0.25, 0.3) is 0 Å². The number of ether oxygens (including phenoxy) is 1. The molecule has 3 nitrogen and oxygen atoms in total. The van der Waals surface area contributed by atoms with E-state index < -0.39 is 11.6 Å². The van der Waals surface area contributed by atoms with Gasteiger partial charge < -0.3 is 4.74 Å². The van der Waals surface area contributed by atoms with Crippen LogP contribution in [0, 0.1) is 11.3 Å². The first kappa shape index (κ1) is 21.5. The quantitative estimate of drug-likeness (QED) is 0.372. The number of nitrogens with one attached hydrogen (secondary N) is 1. The van der Waals surface area contributed by atoms with Crippen LogP contribution in [0.15, 0.2) is 91.0 Å². The molecule has 1 N–H and O–H groups in total. The van der Waals surface area contributed by atoms with Crippen molar-refractivity contribution < 1.29 is 9.53 Å². The molecule has 3 rings (SSSR count). The third kappa shape index (κ3) is 6.15. The average molecular weight is 400 g/mol. The number of carbonyl (C=O) groups excluding carboxylic acids is 1. The van der Waals surface area contributed by atoms with E-state index in [1.807, 2.05) is 80.6 Å². The van der Waals surface area contributed by atoms with Crippen molar-refractivity contribution in [2.75, 3.05) is 0 Å². The second kappa shape index (κ2) is 10.0. The summed E-state index contributed by atoms with van der Waals surface area (Å²) in [6, 6.07) is 30.1. The van der Waals surface area contributed by atoms with Crippen molar-refractivity contribution in [2.45, 2.75) is 38.7 Å². The highest BCUT2D eigenvalue weighted by Crippen LogP contribution is 2.29. The first-order chi connectivity index (χ1) is 14.4. The van der Waals surface area contributed by atoms with Gasteiger partial charge in [-0.3, -0.25) is 5.41 Å². The van der Waals surface area contributed by atoms with Gasteiger partial charge in [-0.25, -0.2) is 4.79 Å². The molecule has 0 aliphatic heterocycles. The molecule has 0 atom stereocenters. The molecule has 0 heterocycles. The maximum absolute atomic E-state index is 12.7. The van der Waals surface area contributed by atoms with Crippen LogP contribution in [0.1, 0.15) is 30.5 Å². The fourth-order valence-corrected chi connectivity index (χ4v) is 3.62. The Balaban J connectivity index is 1.74. The molecular formula is C27H29NO2. The van der Waals surface area contributed by atoms with Gasteiger partial charge in [0.05, 0.1) is 0 Å². The number of hydrogen-bond acceptors (Lipinski definition) is 3. The van der Waals surface area contributed by atoms with Crippen LogP contribution in [0.3, 0.4) is 0 Å². The van der Waals surface area contributed by atoms with Gasteiger partial charge in [0.15, 0.2) is 0 Å². The molecule has 0 fully saturated rings. The van der Waals surface area contributed by atoms with E-state index in [1.54, 1.807) is 0 Å². The van der Waals surface area contributed by atoms with E-state index in [0.717, 1.165) is 18.4 Å². The third-order valence-electron chi connectivity index (χ3n) is 5.46. The summed E-state index contributed by atoms with van der Waals surface area (Å²) in [5.41, 5.74) is 2.62. The van der Waals surface area contributed by atoms with Crippen LogP contribution in [0.2, 0.25) is 0 Å². The first-order valence-corrected chi connectivity index (χ1v) is 10.4. The lowest BCUT2D eigenvalue weighted by Gasteiger charge is -2.34. The lowest BCUT2D eigenvalue weighted by Crippen LogP contribution is -2.41. The van der Waals surface area contributed by atoms with Gasteiger partial charge in [0.1, 0.15) is 11.3 Å². The predicted octanol–water partition coefficient (Wildman–Crippen LogP) is 5.67. The van der Waals surface area contributed by atoms with Crippen LogP contribution in [0.25, 0.3) is 0 Å². The highest BCUT2D eigenvalue weighted by atomic mass is 16.6. The fourth-order valence-electron chi connectivity index (χ4n) is 3.62. The van der Waals surface area contributed by atoms with Gasteiger partial charge in [0.2, 0.25) is 0 Å². The number of rotatable bonds is 9. The number of carbonyl (C=O) groups is 1. The Morgan fingerprint density at radius 2 is 1.17 bits per heavy atom. The zero-order valence-corrected chi connectivity index (χ0v) is 17.7. The van der Waals surface area contributed by atoms with E-state index in [2.05, 4.69) is 24.3 Å². The monoisotopic (exact) mass is 399 g/mol. The molecule has 0 aliphatic rings. The predicted molar refractivity (Wildman–Crippen MR) is 122 cm³/mol. The van der Waals surface area contributed by atoms with Gasteiger partial charge in [0, 0.05) is 12.3 Å². The summed E-state index contributed by atoms with van der Waals surface area (Å²) in [4.78, 5) is 12.7. The second-order valence-electron chi connectivity index (χ2n) is 8.21. The molecule has 30 heavy (non-hydrogen) atoms. The molecule has 0 unspecified atom stereocenters. The lowest BCUT2D eigenvalue weighted by atomic mass is 9.81. The van der Waals surface area contributed by atoms with Crippen molar-refractivity contribution in [3.63, 3.8) is 0 Å². The van der Waals surface area contributed by atoms with Crippen molar-refractivity contribution in [1.82, 2.24) is 0 Å². The van der Waals surface area contributed by atoms with Crippen molar-refractivity contribution in [3.8, 4) is 0 Å². The molecule has 3 aromatic carbocycles. The number of hydrogen-bond donors (Lipinski definition) is 1. The van der Waals surface area contributed by atoms with Crippen molar-refractivity contribution in [1.29, 1.82) is 5.41 Å². The molecule has 3 aromatic rings. The molecule has 0 bridgehead atoms. The maximum Gasteiger partial charge on any atom is 0.352 e. The van der Waals surface area contributed by atoms with E-state index >= 15 is 0 Å². The highest BCUT2D eigenvalue weighted by Gasteiger charge is 2.34. The van der Waals surface area contributed by atoms with Crippen molar-refractivity contribution in [3.05, 3.63) is 108 Å². The molecule has 0 saturated heterocycles. The average Bonchev–Trinajstić information content (AvgIpc) is 2.75. The molecular weight excluding hydrogens is 370 g/mol. The van der Waals surface area contributed by atoms with E-state index in [1.165, 1.54) is 11.1 Å². The normalized spacial score (nSPS) is 11.3. The number of benzene rings is 3. The van der Waals surface area contributed by atoms with E-state index in [-0.39, 0.29) is 18.1 Å². The number of esters is 1. The Hall–Kier alpha value is -3.20. The largest absolute Gasteiger partial charge is 0.455 e. The zero-order chi connectivity index (χ0) is 21.4. The zero-order valence-electron chi connectivity index (χ0n) is 17.7. The summed E-state index contributed by atoms with van der Waals surface area (Å²) in [5.74, 6) is -0.467. The van der Waals surface area contributed by atoms with Gasteiger partial charge in [-0.15, -0.1) is 0 Å². The van der Waals surface area contributed by atoms with Crippen LogP contribution >= 0.6 is 0 Å². The van der Waals surface area contributed by atoms with Gasteiger partial charge in [-0.2, -0.15) is 0 Å². The summed E-state index contributed by atoms with van der Waals surface area (Å²) in [7, 11) is 0. The van der Waals surface area contributed by atoms with Crippen molar-refractivity contribution >= 4 is 11.7 Å². The molecule has 0 radical (unpaired) electrons. The summed E-state index contributed by atoms with van der Waals surface area (Å²) < 4.78 is 5.91. The highest BCUT2D eigenvalue weighted by molar-refractivity contribution is 6.35. The minimum Gasteiger partial charge on any atom is -0.455 e. The molecule has 3 heteroatoms. The molecule has 154 valence electrons. The molecule has 0 aliphatic carbocycles. The van der Waals surface area contributed by atoms with Gasteiger partial charge in [-0.05, 0) is 43.4 Å². The smallest absolute Gasteiger partial charge is 0.352 e. The summed E-state index contributed by atoms with van der Waals surface area (Å²) in [6.45, 7) is 3.91. The summed E-state index contributed by atoms with van der Waals surface area (Å²) >= 11 is 0. The minimum absolute atomic E-state index is 0.0209. The van der Waals surface area contributed by atoms with Gasteiger partial charge in [-0.1, -0.05) is 91.0 Å². The van der Waals surface area contributed by atoms with Crippen LogP contribution in [-0.4, -0.2) is 17.3 Å².